The topological polar surface area (TPSA) is 23.1 Å². The molecule has 1 aliphatic rings. The van der Waals surface area contributed by atoms with E-state index in [-0.39, 0.29) is 18.9 Å². The molecule has 1 atom stereocenters. The fourth-order valence-electron chi connectivity index (χ4n) is 1.08. The molecule has 0 unspecified atom stereocenters. The Kier molecular flexibility index (Phi) is 4.10. The van der Waals surface area contributed by atoms with Crippen molar-refractivity contribution in [2.24, 2.45) is 5.92 Å². The third-order valence-electron chi connectivity index (χ3n) is 1.55. The molecule has 0 saturated heterocycles. The molecular weight excluding hydrogens is 107 g/mol. The van der Waals surface area contributed by atoms with E-state index in [1.165, 1.54) is 6.42 Å². The maximum Gasteiger partial charge on any atom is 1.00 e. The van der Waals surface area contributed by atoms with Crippen LogP contribution in [0, 0.1) is 5.92 Å². The Morgan fingerprint density at radius 3 is 2.67 bits per heavy atom. The van der Waals surface area contributed by atoms with Gasteiger partial charge < -0.3 is 5.11 Å². The third kappa shape index (κ3) is 2.98. The predicted octanol–water partition coefficient (Wildman–Crippen LogP) is -1.95. The van der Waals surface area contributed by atoms with Crippen LogP contribution < -0.4 is 24.0 Å². The molecule has 0 aromatic carbocycles. The molecule has 0 bridgehead atoms. The van der Waals surface area contributed by atoms with Gasteiger partial charge >= 0.3 is 18.9 Å². The van der Waals surface area contributed by atoms with E-state index >= 15 is 0 Å². The molecule has 9 heavy (non-hydrogen) atoms. The number of hydrogen-bond donors (Lipinski definition) is 0. The summed E-state index contributed by atoms with van der Waals surface area (Å²) < 4.78 is 0. The Bertz CT molecular complexity index is 109. The van der Waals surface area contributed by atoms with Gasteiger partial charge in [-0.1, -0.05) is 13.0 Å². The van der Waals surface area contributed by atoms with E-state index in [0.29, 0.717) is 11.7 Å². The molecule has 0 aromatic heterocycles. The molecule has 1 aliphatic carbocycles. The average molecular weight is 118 g/mol. The van der Waals surface area contributed by atoms with E-state index < -0.39 is 0 Å². The number of hydrogen-bond acceptors (Lipinski definition) is 1. The first kappa shape index (κ1) is 9.14. The van der Waals surface area contributed by atoms with Crippen LogP contribution in [-0.2, 0) is 0 Å². The van der Waals surface area contributed by atoms with Crippen LogP contribution in [-0.4, -0.2) is 0 Å². The van der Waals surface area contributed by atoms with Gasteiger partial charge in [-0.2, -0.15) is 0 Å². The van der Waals surface area contributed by atoms with Gasteiger partial charge in [-0.15, -0.1) is 5.76 Å². The first-order valence-electron chi connectivity index (χ1n) is 3.17. The fraction of sp³-hybridized carbons (Fsp3) is 0.714. The molecule has 0 fully saturated rings. The smallest absolute Gasteiger partial charge is 0.876 e. The van der Waals surface area contributed by atoms with E-state index in [4.69, 9.17) is 0 Å². The summed E-state index contributed by atoms with van der Waals surface area (Å²) in [6, 6.07) is 0. The quantitative estimate of drug-likeness (QED) is 0.339. The van der Waals surface area contributed by atoms with Gasteiger partial charge in [-0.25, -0.2) is 0 Å². The van der Waals surface area contributed by atoms with Crippen LogP contribution in [0.1, 0.15) is 26.2 Å². The average Bonchev–Trinajstić information content (AvgIpc) is 1.64. The van der Waals surface area contributed by atoms with Crippen LogP contribution in [0.5, 0.6) is 0 Å². The van der Waals surface area contributed by atoms with Gasteiger partial charge in [-0.3, -0.25) is 0 Å². The first-order chi connectivity index (χ1) is 3.79. The molecule has 0 aliphatic heterocycles. The van der Waals surface area contributed by atoms with Gasteiger partial charge in [0.25, 0.3) is 0 Å². The summed E-state index contributed by atoms with van der Waals surface area (Å²) in [4.78, 5) is 0. The Hall–Kier alpha value is 0.137. The number of rotatable bonds is 0. The normalized spacial score (nSPS) is 26.3. The van der Waals surface area contributed by atoms with Gasteiger partial charge in [0, 0.05) is 0 Å². The fourth-order valence-corrected chi connectivity index (χ4v) is 1.08. The van der Waals surface area contributed by atoms with Gasteiger partial charge in [0.15, 0.2) is 0 Å². The van der Waals surface area contributed by atoms with Crippen LogP contribution in [0.3, 0.4) is 0 Å². The van der Waals surface area contributed by atoms with Crippen molar-refractivity contribution >= 4 is 0 Å². The van der Waals surface area contributed by atoms with Crippen LogP contribution in [0.4, 0.5) is 0 Å². The first-order valence-corrected chi connectivity index (χ1v) is 3.17. The second-order valence-corrected chi connectivity index (χ2v) is 2.50. The minimum atomic E-state index is 0. The third-order valence-corrected chi connectivity index (χ3v) is 1.55. The van der Waals surface area contributed by atoms with Crippen molar-refractivity contribution < 1.29 is 24.0 Å². The molecular formula is C7H11LiO. The Morgan fingerprint density at radius 1 is 1.67 bits per heavy atom. The number of allylic oxidation sites excluding steroid dienone is 2. The summed E-state index contributed by atoms with van der Waals surface area (Å²) >= 11 is 0. The van der Waals surface area contributed by atoms with Crippen molar-refractivity contribution in [2.75, 3.05) is 0 Å². The van der Waals surface area contributed by atoms with E-state index in [0.717, 1.165) is 12.8 Å². The summed E-state index contributed by atoms with van der Waals surface area (Å²) in [6.45, 7) is 2.09. The van der Waals surface area contributed by atoms with Crippen LogP contribution >= 0.6 is 0 Å². The summed E-state index contributed by atoms with van der Waals surface area (Å²) in [5.74, 6) is 0.875. The molecule has 46 valence electrons. The molecule has 1 rings (SSSR count). The van der Waals surface area contributed by atoms with E-state index in [2.05, 4.69) is 6.92 Å². The van der Waals surface area contributed by atoms with E-state index in [1.54, 1.807) is 0 Å². The Morgan fingerprint density at radius 2 is 2.33 bits per heavy atom. The van der Waals surface area contributed by atoms with Crippen LogP contribution in [0.15, 0.2) is 11.8 Å². The zero-order valence-corrected chi connectivity index (χ0v) is 6.18. The van der Waals surface area contributed by atoms with Crippen LogP contribution in [0.25, 0.3) is 0 Å². The second-order valence-electron chi connectivity index (χ2n) is 2.50. The molecule has 2 heteroatoms. The monoisotopic (exact) mass is 118 g/mol. The van der Waals surface area contributed by atoms with Crippen LogP contribution in [0.2, 0.25) is 0 Å². The second kappa shape index (κ2) is 4.03. The molecule has 0 spiro atoms. The van der Waals surface area contributed by atoms with Gasteiger partial charge in [0.1, 0.15) is 0 Å². The van der Waals surface area contributed by atoms with Crippen molar-refractivity contribution in [2.45, 2.75) is 26.2 Å². The molecule has 0 radical (unpaired) electrons. The molecule has 0 aromatic rings. The largest absolute Gasteiger partial charge is 1.00 e. The maximum atomic E-state index is 10.6. The Labute approximate surface area is 68.3 Å². The van der Waals surface area contributed by atoms with Crippen molar-refractivity contribution in [3.63, 3.8) is 0 Å². The van der Waals surface area contributed by atoms with Crippen molar-refractivity contribution in [3.8, 4) is 0 Å². The SMILES string of the molecule is C[C@H]1C=C([O-])CCC1.[Li+]. The summed E-state index contributed by atoms with van der Waals surface area (Å²) in [7, 11) is 0. The van der Waals surface area contributed by atoms with E-state index in [1.807, 2.05) is 6.08 Å². The minimum absolute atomic E-state index is 0. The van der Waals surface area contributed by atoms with Gasteiger partial charge in [0.2, 0.25) is 0 Å². The minimum Gasteiger partial charge on any atom is -0.876 e. The standard InChI is InChI=1S/C7H12O.Li/c1-6-3-2-4-7(8)5-6;/h5-6,8H,2-4H2,1H3;/q;+1/p-1/t6-;/m1./s1. The van der Waals surface area contributed by atoms with Crippen molar-refractivity contribution in [1.82, 2.24) is 0 Å². The summed E-state index contributed by atoms with van der Waals surface area (Å²) in [5, 5.41) is 10.6. The van der Waals surface area contributed by atoms with Crippen molar-refractivity contribution in [3.05, 3.63) is 11.8 Å². The summed E-state index contributed by atoms with van der Waals surface area (Å²) in [6.07, 6.45) is 4.91. The zero-order chi connectivity index (χ0) is 5.98. The Balaban J connectivity index is 0.000000640. The van der Waals surface area contributed by atoms with Gasteiger partial charge in [-0.05, 0) is 25.2 Å². The maximum absolute atomic E-state index is 10.6. The summed E-state index contributed by atoms with van der Waals surface area (Å²) in [5.41, 5.74) is 0. The molecule has 1 nitrogen and oxygen atoms in total. The van der Waals surface area contributed by atoms with Crippen molar-refractivity contribution in [1.29, 1.82) is 0 Å². The van der Waals surface area contributed by atoms with Gasteiger partial charge in [0.05, 0.1) is 0 Å². The molecule has 0 saturated carbocycles. The predicted molar refractivity (Wildman–Crippen MR) is 31.1 cm³/mol. The molecule has 0 N–H and O–H groups in total. The molecule has 0 heterocycles. The zero-order valence-electron chi connectivity index (χ0n) is 6.18. The van der Waals surface area contributed by atoms with E-state index in [9.17, 15) is 5.11 Å². The molecule has 0 amide bonds.